The molecule has 0 aliphatic carbocycles. The van der Waals surface area contributed by atoms with Gasteiger partial charge in [0.2, 0.25) is 0 Å². The van der Waals surface area contributed by atoms with Gasteiger partial charge in [-0.05, 0) is 36.9 Å². The number of hydrogen-bond acceptors (Lipinski definition) is 4. The van der Waals surface area contributed by atoms with E-state index in [4.69, 9.17) is 10.2 Å². The fourth-order valence-corrected chi connectivity index (χ4v) is 1.96. The van der Waals surface area contributed by atoms with Crippen LogP contribution in [0.1, 0.15) is 28.6 Å². The Bertz CT molecular complexity index is 322. The molecule has 1 rings (SSSR count). The van der Waals surface area contributed by atoms with Crippen molar-refractivity contribution in [2.24, 2.45) is 0 Å². The lowest BCUT2D eigenvalue weighted by Crippen LogP contribution is -2.19. The predicted octanol–water partition coefficient (Wildman–Crippen LogP) is 1.31. The normalized spacial score (nSPS) is 12.7. The van der Waals surface area contributed by atoms with E-state index in [0.717, 1.165) is 5.56 Å². The average Bonchev–Trinajstić information content (AvgIpc) is 2.60. The maximum Gasteiger partial charge on any atom is 0.346 e. The third-order valence-electron chi connectivity index (χ3n) is 2.00. The largest absolute Gasteiger partial charge is 0.477 e. The van der Waals surface area contributed by atoms with Gasteiger partial charge in [0.1, 0.15) is 4.88 Å². The van der Waals surface area contributed by atoms with Crippen LogP contribution in [0.3, 0.4) is 0 Å². The Morgan fingerprint density at radius 3 is 3.00 bits per heavy atom. The summed E-state index contributed by atoms with van der Waals surface area (Å²) in [6.45, 7) is 2.96. The molecule has 0 amide bonds. The quantitative estimate of drug-likeness (QED) is 0.643. The van der Waals surface area contributed by atoms with Crippen LogP contribution in [-0.4, -0.2) is 28.8 Å². The summed E-state index contributed by atoms with van der Waals surface area (Å²) in [6.07, 6.45) is 0.353. The number of carboxylic acid groups (broad SMARTS) is 1. The molecule has 0 saturated carbocycles. The average molecular weight is 229 g/mol. The van der Waals surface area contributed by atoms with Gasteiger partial charge in [0.15, 0.2) is 0 Å². The van der Waals surface area contributed by atoms with Crippen molar-refractivity contribution in [1.29, 1.82) is 0 Å². The second-order valence-electron chi connectivity index (χ2n) is 3.39. The fraction of sp³-hybridized carbons (Fsp3) is 0.500. The lowest BCUT2D eigenvalue weighted by atomic mass is 10.2. The van der Waals surface area contributed by atoms with E-state index in [1.165, 1.54) is 11.3 Å². The van der Waals surface area contributed by atoms with Gasteiger partial charge in [-0.3, -0.25) is 0 Å². The first-order valence-electron chi connectivity index (χ1n) is 4.79. The third-order valence-corrected chi connectivity index (χ3v) is 2.94. The van der Waals surface area contributed by atoms with Crippen LogP contribution in [0.4, 0.5) is 0 Å². The second-order valence-corrected chi connectivity index (χ2v) is 4.31. The molecule has 1 aromatic rings. The minimum atomic E-state index is -0.877. The summed E-state index contributed by atoms with van der Waals surface area (Å²) < 4.78 is 0. The molecular weight excluding hydrogens is 214 g/mol. The Labute approximate surface area is 92.6 Å². The van der Waals surface area contributed by atoms with E-state index in [9.17, 15) is 4.79 Å². The van der Waals surface area contributed by atoms with E-state index in [1.54, 1.807) is 12.3 Å². The molecule has 4 nitrogen and oxygen atoms in total. The summed E-state index contributed by atoms with van der Waals surface area (Å²) in [5.74, 6) is -0.877. The van der Waals surface area contributed by atoms with Crippen LogP contribution in [0, 0.1) is 0 Å². The van der Waals surface area contributed by atoms with Gasteiger partial charge in [-0.15, -0.1) is 11.3 Å². The molecule has 84 valence electrons. The highest BCUT2D eigenvalue weighted by Crippen LogP contribution is 2.16. The number of rotatable bonds is 6. The first-order chi connectivity index (χ1) is 7.11. The molecule has 0 aliphatic heterocycles. The van der Waals surface area contributed by atoms with Crippen molar-refractivity contribution in [2.45, 2.75) is 26.0 Å². The van der Waals surface area contributed by atoms with Gasteiger partial charge in [0, 0.05) is 6.54 Å². The number of hydrogen-bond donors (Lipinski definition) is 3. The van der Waals surface area contributed by atoms with Crippen molar-refractivity contribution in [2.75, 3.05) is 6.54 Å². The van der Waals surface area contributed by atoms with E-state index in [1.807, 2.05) is 6.07 Å². The molecule has 0 radical (unpaired) electrons. The molecule has 15 heavy (non-hydrogen) atoms. The molecule has 0 aliphatic rings. The third kappa shape index (κ3) is 3.99. The molecule has 5 heteroatoms. The molecule has 0 saturated heterocycles. The first-order valence-corrected chi connectivity index (χ1v) is 5.67. The zero-order valence-corrected chi connectivity index (χ0v) is 9.38. The van der Waals surface area contributed by atoms with Crippen LogP contribution in [0.15, 0.2) is 11.4 Å². The van der Waals surface area contributed by atoms with Gasteiger partial charge in [-0.1, -0.05) is 0 Å². The van der Waals surface area contributed by atoms with Crippen molar-refractivity contribution in [3.63, 3.8) is 0 Å². The van der Waals surface area contributed by atoms with Gasteiger partial charge in [-0.25, -0.2) is 4.79 Å². The van der Waals surface area contributed by atoms with Gasteiger partial charge in [0.25, 0.3) is 0 Å². The number of carboxylic acids is 1. The highest BCUT2D eigenvalue weighted by Gasteiger charge is 2.10. The van der Waals surface area contributed by atoms with Crippen molar-refractivity contribution in [3.8, 4) is 0 Å². The Morgan fingerprint density at radius 1 is 1.67 bits per heavy atom. The minimum Gasteiger partial charge on any atom is -0.477 e. The van der Waals surface area contributed by atoms with E-state index >= 15 is 0 Å². The molecule has 1 heterocycles. The minimum absolute atomic E-state index is 0.320. The molecule has 1 atom stereocenters. The molecule has 1 unspecified atom stereocenters. The van der Waals surface area contributed by atoms with Crippen LogP contribution in [0.5, 0.6) is 0 Å². The van der Waals surface area contributed by atoms with Crippen LogP contribution >= 0.6 is 11.3 Å². The summed E-state index contributed by atoms with van der Waals surface area (Å²) in [4.78, 5) is 11.2. The molecule has 0 fully saturated rings. The Kier molecular flexibility index (Phi) is 4.74. The Hall–Kier alpha value is -0.910. The fourth-order valence-electron chi connectivity index (χ4n) is 1.20. The monoisotopic (exact) mass is 229 g/mol. The lowest BCUT2D eigenvalue weighted by molar-refractivity contribution is 0.0701. The number of aliphatic hydroxyl groups excluding tert-OH is 1. The first kappa shape index (κ1) is 12.2. The number of aliphatic hydroxyl groups is 1. The van der Waals surface area contributed by atoms with Gasteiger partial charge in [-0.2, -0.15) is 0 Å². The molecule has 3 N–H and O–H groups in total. The topological polar surface area (TPSA) is 69.6 Å². The number of nitrogens with one attached hydrogen (secondary N) is 1. The number of aromatic carboxylic acids is 1. The molecule has 0 aromatic carbocycles. The zero-order valence-electron chi connectivity index (χ0n) is 8.56. The van der Waals surface area contributed by atoms with Crippen molar-refractivity contribution >= 4 is 17.3 Å². The van der Waals surface area contributed by atoms with E-state index in [-0.39, 0.29) is 6.10 Å². The SMILES string of the molecule is CC(O)CCNCc1ccsc1C(=O)O. The maximum atomic E-state index is 10.8. The second kappa shape index (κ2) is 5.85. The number of thiophene rings is 1. The molecule has 0 spiro atoms. The number of carbonyl (C=O) groups is 1. The molecular formula is C10H15NO3S. The lowest BCUT2D eigenvalue weighted by Gasteiger charge is -2.05. The van der Waals surface area contributed by atoms with Gasteiger partial charge < -0.3 is 15.5 Å². The molecule has 1 aromatic heterocycles. The van der Waals surface area contributed by atoms with E-state index in [0.29, 0.717) is 24.4 Å². The summed E-state index contributed by atoms with van der Waals surface area (Å²) in [6, 6.07) is 1.81. The van der Waals surface area contributed by atoms with Crippen molar-refractivity contribution in [1.82, 2.24) is 5.32 Å². The summed E-state index contributed by atoms with van der Waals surface area (Å²) in [5, 5.41) is 22.7. The van der Waals surface area contributed by atoms with Gasteiger partial charge in [0.05, 0.1) is 6.10 Å². The van der Waals surface area contributed by atoms with Crippen LogP contribution in [0.25, 0.3) is 0 Å². The van der Waals surface area contributed by atoms with Crippen molar-refractivity contribution < 1.29 is 15.0 Å². The van der Waals surface area contributed by atoms with E-state index < -0.39 is 5.97 Å². The van der Waals surface area contributed by atoms with E-state index in [2.05, 4.69) is 5.32 Å². The van der Waals surface area contributed by atoms with Gasteiger partial charge >= 0.3 is 5.97 Å². The maximum absolute atomic E-state index is 10.8. The summed E-state index contributed by atoms with van der Waals surface area (Å²) in [5.41, 5.74) is 0.804. The standard InChI is InChI=1S/C10H15NO3S/c1-7(12)2-4-11-6-8-3-5-15-9(8)10(13)14/h3,5,7,11-12H,2,4,6H2,1H3,(H,13,14). The summed E-state index contributed by atoms with van der Waals surface area (Å²) in [7, 11) is 0. The molecule has 0 bridgehead atoms. The van der Waals surface area contributed by atoms with Crippen LogP contribution < -0.4 is 5.32 Å². The highest BCUT2D eigenvalue weighted by atomic mass is 32.1. The predicted molar refractivity (Wildman–Crippen MR) is 59.3 cm³/mol. The summed E-state index contributed by atoms with van der Waals surface area (Å²) >= 11 is 1.23. The van der Waals surface area contributed by atoms with Crippen LogP contribution in [-0.2, 0) is 6.54 Å². The highest BCUT2D eigenvalue weighted by molar-refractivity contribution is 7.12. The van der Waals surface area contributed by atoms with Crippen LogP contribution in [0.2, 0.25) is 0 Å². The van der Waals surface area contributed by atoms with Crippen molar-refractivity contribution in [3.05, 3.63) is 21.9 Å². The smallest absolute Gasteiger partial charge is 0.346 e. The zero-order chi connectivity index (χ0) is 11.3. The Balaban J connectivity index is 2.37. The Morgan fingerprint density at radius 2 is 2.40 bits per heavy atom.